The first kappa shape index (κ1) is 14.9. The van der Waals surface area contributed by atoms with Crippen LogP contribution < -0.4 is 10.1 Å². The molecule has 1 atom stereocenters. The lowest BCUT2D eigenvalue weighted by Crippen LogP contribution is -2.23. The normalized spacial score (nSPS) is 12.3. The summed E-state index contributed by atoms with van der Waals surface area (Å²) in [6.07, 6.45) is 2.01. The van der Waals surface area contributed by atoms with Crippen LogP contribution in [-0.4, -0.2) is 23.2 Å². The zero-order chi connectivity index (χ0) is 14.4. The molecule has 5 heteroatoms. The average molecular weight is 291 g/mol. The van der Waals surface area contributed by atoms with Crippen molar-refractivity contribution in [2.75, 3.05) is 13.7 Å². The van der Waals surface area contributed by atoms with E-state index in [1.54, 1.807) is 7.11 Å². The largest absolute Gasteiger partial charge is 0.497 e. The van der Waals surface area contributed by atoms with Crippen molar-refractivity contribution in [1.29, 1.82) is 0 Å². The highest BCUT2D eigenvalue weighted by Gasteiger charge is 2.19. The Morgan fingerprint density at radius 3 is 2.60 bits per heavy atom. The maximum absolute atomic E-state index is 5.22. The van der Waals surface area contributed by atoms with Crippen LogP contribution in [0.2, 0.25) is 0 Å². The van der Waals surface area contributed by atoms with Crippen molar-refractivity contribution < 1.29 is 4.74 Å². The summed E-state index contributed by atoms with van der Waals surface area (Å²) in [5.74, 6) is 0.876. The third kappa shape index (κ3) is 3.35. The fourth-order valence-corrected chi connectivity index (χ4v) is 2.97. The molecule has 1 aromatic heterocycles. The number of ether oxygens (including phenoxy) is 1. The van der Waals surface area contributed by atoms with Gasteiger partial charge in [-0.1, -0.05) is 30.5 Å². The van der Waals surface area contributed by atoms with Crippen LogP contribution in [-0.2, 0) is 6.42 Å². The zero-order valence-electron chi connectivity index (χ0n) is 12.2. The van der Waals surface area contributed by atoms with Gasteiger partial charge in [-0.05, 0) is 48.6 Å². The van der Waals surface area contributed by atoms with Gasteiger partial charge in [-0.25, -0.2) is 0 Å². The molecule has 108 valence electrons. The minimum Gasteiger partial charge on any atom is -0.497 e. The van der Waals surface area contributed by atoms with Crippen LogP contribution >= 0.6 is 11.5 Å². The predicted octanol–water partition coefficient (Wildman–Crippen LogP) is 3.20. The van der Waals surface area contributed by atoms with Crippen molar-refractivity contribution in [3.63, 3.8) is 0 Å². The number of rotatable bonds is 7. The van der Waals surface area contributed by atoms with Gasteiger partial charge in [0.2, 0.25) is 0 Å². The van der Waals surface area contributed by atoms with Gasteiger partial charge in [0.05, 0.1) is 23.7 Å². The Kier molecular flexibility index (Phi) is 5.49. The van der Waals surface area contributed by atoms with Crippen LogP contribution in [0.3, 0.4) is 0 Å². The van der Waals surface area contributed by atoms with Crippen LogP contribution in [0, 0.1) is 0 Å². The Bertz CT molecular complexity index is 524. The molecule has 1 unspecified atom stereocenters. The SMILES string of the molecule is CCCNC(c1ccc(OC)cc1)c1snnc1CC. The molecule has 1 N–H and O–H groups in total. The quantitative estimate of drug-likeness (QED) is 0.851. The van der Waals surface area contributed by atoms with Crippen molar-refractivity contribution in [3.05, 3.63) is 40.4 Å². The number of benzene rings is 1. The van der Waals surface area contributed by atoms with Gasteiger partial charge in [0.25, 0.3) is 0 Å². The highest BCUT2D eigenvalue weighted by Crippen LogP contribution is 2.28. The van der Waals surface area contributed by atoms with Crippen molar-refractivity contribution >= 4 is 11.5 Å². The van der Waals surface area contributed by atoms with E-state index in [-0.39, 0.29) is 6.04 Å². The highest BCUT2D eigenvalue weighted by atomic mass is 32.1. The van der Waals surface area contributed by atoms with Gasteiger partial charge in [0.15, 0.2) is 0 Å². The van der Waals surface area contributed by atoms with Crippen molar-refractivity contribution in [2.45, 2.75) is 32.7 Å². The fraction of sp³-hybridized carbons (Fsp3) is 0.467. The lowest BCUT2D eigenvalue weighted by molar-refractivity contribution is 0.414. The van der Waals surface area contributed by atoms with E-state index in [1.807, 2.05) is 12.1 Å². The van der Waals surface area contributed by atoms with Gasteiger partial charge in [0, 0.05) is 0 Å². The first-order chi connectivity index (χ1) is 9.80. The lowest BCUT2D eigenvalue weighted by Gasteiger charge is -2.18. The molecule has 0 aliphatic heterocycles. The van der Waals surface area contributed by atoms with Crippen molar-refractivity contribution in [1.82, 2.24) is 14.9 Å². The molecule has 2 aromatic rings. The minimum atomic E-state index is 0.163. The third-order valence-corrected chi connectivity index (χ3v) is 4.06. The molecule has 1 aromatic carbocycles. The molecule has 2 rings (SSSR count). The number of methoxy groups -OCH3 is 1. The maximum Gasteiger partial charge on any atom is 0.118 e. The molecule has 0 spiro atoms. The number of nitrogens with zero attached hydrogens (tertiary/aromatic N) is 2. The Hall–Kier alpha value is -1.46. The van der Waals surface area contributed by atoms with Gasteiger partial charge in [-0.2, -0.15) is 0 Å². The number of hydrogen-bond acceptors (Lipinski definition) is 5. The fourth-order valence-electron chi connectivity index (χ4n) is 2.13. The molecular weight excluding hydrogens is 270 g/mol. The number of aryl methyl sites for hydroxylation is 1. The standard InChI is InChI=1S/C15H21N3OS/c1-4-10-16-14(15-13(5-2)17-18-20-15)11-6-8-12(19-3)9-7-11/h6-9,14,16H,4-5,10H2,1-3H3. The van der Waals surface area contributed by atoms with Crippen LogP contribution in [0.25, 0.3) is 0 Å². The molecule has 0 amide bonds. The molecule has 0 saturated heterocycles. The highest BCUT2D eigenvalue weighted by molar-refractivity contribution is 7.05. The summed E-state index contributed by atoms with van der Waals surface area (Å²) in [6.45, 7) is 5.26. The topological polar surface area (TPSA) is 47.0 Å². The number of aromatic nitrogens is 2. The summed E-state index contributed by atoms with van der Waals surface area (Å²) in [6, 6.07) is 8.36. The van der Waals surface area contributed by atoms with Crippen molar-refractivity contribution in [2.24, 2.45) is 0 Å². The maximum atomic E-state index is 5.22. The second-order valence-electron chi connectivity index (χ2n) is 4.60. The summed E-state index contributed by atoms with van der Waals surface area (Å²) < 4.78 is 9.33. The van der Waals surface area contributed by atoms with E-state index in [0.29, 0.717) is 0 Å². The van der Waals surface area contributed by atoms with Gasteiger partial charge < -0.3 is 10.1 Å². The Balaban J connectivity index is 2.30. The summed E-state index contributed by atoms with van der Waals surface area (Å²) in [7, 11) is 1.68. The third-order valence-electron chi connectivity index (χ3n) is 3.23. The van der Waals surface area contributed by atoms with E-state index in [0.717, 1.165) is 30.8 Å². The lowest BCUT2D eigenvalue weighted by atomic mass is 10.0. The van der Waals surface area contributed by atoms with Crippen LogP contribution in [0.4, 0.5) is 0 Å². The summed E-state index contributed by atoms with van der Waals surface area (Å²) >= 11 is 1.48. The van der Waals surface area contributed by atoms with Gasteiger partial charge >= 0.3 is 0 Å². The van der Waals surface area contributed by atoms with E-state index in [9.17, 15) is 0 Å². The van der Waals surface area contributed by atoms with E-state index < -0.39 is 0 Å². The van der Waals surface area contributed by atoms with Gasteiger partial charge in [-0.15, -0.1) is 5.10 Å². The van der Waals surface area contributed by atoms with E-state index in [2.05, 4.69) is 40.9 Å². The number of hydrogen-bond donors (Lipinski definition) is 1. The molecule has 0 radical (unpaired) electrons. The second-order valence-corrected chi connectivity index (χ2v) is 5.38. The molecule has 0 aliphatic rings. The second kappa shape index (κ2) is 7.36. The number of nitrogens with one attached hydrogen (secondary N) is 1. The Labute approximate surface area is 124 Å². The molecule has 0 fully saturated rings. The molecule has 20 heavy (non-hydrogen) atoms. The minimum absolute atomic E-state index is 0.163. The van der Waals surface area contributed by atoms with Crippen molar-refractivity contribution in [3.8, 4) is 5.75 Å². The smallest absolute Gasteiger partial charge is 0.118 e. The van der Waals surface area contributed by atoms with Crippen LogP contribution in [0.5, 0.6) is 5.75 Å². The molecule has 0 saturated carbocycles. The first-order valence-corrected chi connectivity index (χ1v) is 7.75. The zero-order valence-corrected chi connectivity index (χ0v) is 13.0. The summed E-state index contributed by atoms with van der Waals surface area (Å²) in [5.41, 5.74) is 2.31. The van der Waals surface area contributed by atoms with Gasteiger partial charge in [-0.3, -0.25) is 0 Å². The monoisotopic (exact) mass is 291 g/mol. The molecule has 1 heterocycles. The van der Waals surface area contributed by atoms with Gasteiger partial charge in [0.1, 0.15) is 5.75 Å². The first-order valence-electron chi connectivity index (χ1n) is 6.98. The Morgan fingerprint density at radius 2 is 2.00 bits per heavy atom. The van der Waals surface area contributed by atoms with E-state index in [4.69, 9.17) is 4.74 Å². The summed E-state index contributed by atoms with van der Waals surface area (Å²) in [4.78, 5) is 1.21. The summed E-state index contributed by atoms with van der Waals surface area (Å²) in [5, 5.41) is 7.82. The van der Waals surface area contributed by atoms with E-state index >= 15 is 0 Å². The Morgan fingerprint density at radius 1 is 1.25 bits per heavy atom. The average Bonchev–Trinajstić information content (AvgIpc) is 2.96. The molecule has 0 aliphatic carbocycles. The molecule has 4 nitrogen and oxygen atoms in total. The molecule has 0 bridgehead atoms. The van der Waals surface area contributed by atoms with Crippen LogP contribution in [0.15, 0.2) is 24.3 Å². The van der Waals surface area contributed by atoms with E-state index in [1.165, 1.54) is 22.0 Å². The predicted molar refractivity (Wildman–Crippen MR) is 82.4 cm³/mol. The van der Waals surface area contributed by atoms with Crippen LogP contribution in [0.1, 0.15) is 42.4 Å². The molecular formula is C15H21N3OS.